The number of rotatable bonds is 6. The van der Waals surface area contributed by atoms with Gasteiger partial charge in [-0.15, -0.1) is 11.3 Å². The van der Waals surface area contributed by atoms with Crippen LogP contribution in [-0.2, 0) is 22.6 Å². The van der Waals surface area contributed by atoms with Crippen molar-refractivity contribution in [2.24, 2.45) is 5.10 Å². The molecule has 5 nitrogen and oxygen atoms in total. The van der Waals surface area contributed by atoms with Gasteiger partial charge in [0.1, 0.15) is 11.5 Å². The Labute approximate surface area is 168 Å². The summed E-state index contributed by atoms with van der Waals surface area (Å²) in [5, 5.41) is 8.36. The van der Waals surface area contributed by atoms with Gasteiger partial charge in [-0.05, 0) is 58.8 Å². The SMILES string of the molecule is O=C(NCCc1ccc(I)s1)C1=NN(Cc2ccc(F)cc2)C(=O)CC1. The lowest BCUT2D eigenvalue weighted by Gasteiger charge is -2.23. The van der Waals surface area contributed by atoms with E-state index in [1.807, 2.05) is 6.07 Å². The molecular weight excluding hydrogens is 468 g/mol. The molecule has 1 N–H and O–H groups in total. The first-order valence-electron chi connectivity index (χ1n) is 8.16. The Morgan fingerprint density at radius 3 is 2.69 bits per heavy atom. The van der Waals surface area contributed by atoms with E-state index >= 15 is 0 Å². The van der Waals surface area contributed by atoms with Gasteiger partial charge < -0.3 is 5.32 Å². The van der Waals surface area contributed by atoms with Crippen LogP contribution in [0.25, 0.3) is 0 Å². The lowest BCUT2D eigenvalue weighted by atomic mass is 10.1. The number of nitrogens with zero attached hydrogens (tertiary/aromatic N) is 2. The standard InChI is InChI=1S/C18H17FIN3O2S/c19-13-3-1-12(2-4-13)11-23-17(24)8-6-15(22-23)18(25)21-10-9-14-5-7-16(20)26-14/h1-5,7H,6,8-11H2,(H,21,25). The Morgan fingerprint density at radius 1 is 1.23 bits per heavy atom. The molecular formula is C18H17FIN3O2S. The fraction of sp³-hybridized carbons (Fsp3) is 0.278. The summed E-state index contributed by atoms with van der Waals surface area (Å²) in [5.74, 6) is -0.713. The van der Waals surface area contributed by atoms with E-state index in [0.29, 0.717) is 18.7 Å². The van der Waals surface area contributed by atoms with Crippen LogP contribution in [0.3, 0.4) is 0 Å². The molecule has 1 aromatic heterocycles. The minimum atomic E-state index is -0.331. The predicted octanol–water partition coefficient (Wildman–Crippen LogP) is 3.33. The Balaban J connectivity index is 1.58. The van der Waals surface area contributed by atoms with Crippen LogP contribution in [0.2, 0.25) is 0 Å². The molecule has 136 valence electrons. The van der Waals surface area contributed by atoms with Crippen LogP contribution in [0.1, 0.15) is 23.3 Å². The van der Waals surface area contributed by atoms with Gasteiger partial charge in [-0.3, -0.25) is 9.59 Å². The van der Waals surface area contributed by atoms with Crippen LogP contribution in [0.15, 0.2) is 41.5 Å². The number of hydrogen-bond acceptors (Lipinski definition) is 4. The van der Waals surface area contributed by atoms with Crippen molar-refractivity contribution < 1.29 is 14.0 Å². The van der Waals surface area contributed by atoms with Gasteiger partial charge in [-0.25, -0.2) is 9.40 Å². The zero-order chi connectivity index (χ0) is 18.5. The van der Waals surface area contributed by atoms with E-state index in [2.05, 4.69) is 39.1 Å². The van der Waals surface area contributed by atoms with Gasteiger partial charge in [0.25, 0.3) is 5.91 Å². The van der Waals surface area contributed by atoms with Crippen LogP contribution in [0, 0.1) is 8.70 Å². The number of hydrazone groups is 1. The minimum Gasteiger partial charge on any atom is -0.351 e. The lowest BCUT2D eigenvalue weighted by molar-refractivity contribution is -0.132. The monoisotopic (exact) mass is 485 g/mol. The van der Waals surface area contributed by atoms with Crippen LogP contribution in [0.5, 0.6) is 0 Å². The number of amides is 2. The third-order valence-corrected chi connectivity index (χ3v) is 5.85. The molecule has 2 aromatic rings. The van der Waals surface area contributed by atoms with Gasteiger partial charge in [0.15, 0.2) is 0 Å². The molecule has 2 heterocycles. The third kappa shape index (κ3) is 5.10. The summed E-state index contributed by atoms with van der Waals surface area (Å²) in [6.07, 6.45) is 1.35. The average molecular weight is 485 g/mol. The van der Waals surface area contributed by atoms with Crippen molar-refractivity contribution in [2.75, 3.05) is 6.54 Å². The van der Waals surface area contributed by atoms with Crippen LogP contribution < -0.4 is 5.32 Å². The van der Waals surface area contributed by atoms with Crippen molar-refractivity contribution in [1.82, 2.24) is 10.3 Å². The number of halogens is 2. The van der Waals surface area contributed by atoms with E-state index in [9.17, 15) is 14.0 Å². The second-order valence-corrected chi connectivity index (χ2v) is 8.90. The quantitative estimate of drug-likeness (QED) is 0.639. The number of carbonyl (C=O) groups is 2. The molecule has 0 spiro atoms. The van der Waals surface area contributed by atoms with Crippen LogP contribution in [-0.4, -0.2) is 29.1 Å². The summed E-state index contributed by atoms with van der Waals surface area (Å²) in [5.41, 5.74) is 1.12. The molecule has 0 fully saturated rings. The highest BCUT2D eigenvalue weighted by Gasteiger charge is 2.24. The number of nitrogens with one attached hydrogen (secondary N) is 1. The first-order valence-corrected chi connectivity index (χ1v) is 10.1. The molecule has 0 saturated heterocycles. The van der Waals surface area contributed by atoms with E-state index in [-0.39, 0.29) is 30.6 Å². The second kappa shape index (κ2) is 8.72. The molecule has 1 aliphatic rings. The molecule has 8 heteroatoms. The molecule has 1 aliphatic heterocycles. The van der Waals surface area contributed by atoms with Crippen molar-refractivity contribution in [3.8, 4) is 0 Å². The normalized spacial score (nSPS) is 14.3. The highest BCUT2D eigenvalue weighted by molar-refractivity contribution is 14.1. The maximum atomic E-state index is 13.0. The summed E-state index contributed by atoms with van der Waals surface area (Å²) in [6, 6.07) is 10.00. The molecule has 0 bridgehead atoms. The summed E-state index contributed by atoms with van der Waals surface area (Å²) < 4.78 is 14.2. The van der Waals surface area contributed by atoms with Crippen molar-refractivity contribution in [1.29, 1.82) is 0 Å². The zero-order valence-electron chi connectivity index (χ0n) is 13.9. The number of benzene rings is 1. The van der Waals surface area contributed by atoms with Gasteiger partial charge in [0, 0.05) is 24.3 Å². The van der Waals surface area contributed by atoms with E-state index in [4.69, 9.17) is 0 Å². The lowest BCUT2D eigenvalue weighted by Crippen LogP contribution is -2.39. The minimum absolute atomic E-state index is 0.140. The average Bonchev–Trinajstić information content (AvgIpc) is 3.04. The van der Waals surface area contributed by atoms with Crippen molar-refractivity contribution in [3.05, 3.63) is 55.5 Å². The predicted molar refractivity (Wildman–Crippen MR) is 107 cm³/mol. The Morgan fingerprint density at radius 2 is 2.00 bits per heavy atom. The Bertz CT molecular complexity index is 835. The molecule has 0 unspecified atom stereocenters. The molecule has 26 heavy (non-hydrogen) atoms. The van der Waals surface area contributed by atoms with E-state index < -0.39 is 0 Å². The molecule has 0 aliphatic carbocycles. The van der Waals surface area contributed by atoms with E-state index in [1.54, 1.807) is 23.5 Å². The first kappa shape index (κ1) is 19.0. The van der Waals surface area contributed by atoms with Crippen molar-refractivity contribution >= 4 is 51.5 Å². The van der Waals surface area contributed by atoms with E-state index in [1.165, 1.54) is 24.9 Å². The van der Waals surface area contributed by atoms with Gasteiger partial charge in [-0.2, -0.15) is 5.10 Å². The fourth-order valence-electron chi connectivity index (χ4n) is 2.54. The summed E-state index contributed by atoms with van der Waals surface area (Å²) in [7, 11) is 0. The zero-order valence-corrected chi connectivity index (χ0v) is 16.8. The van der Waals surface area contributed by atoms with Gasteiger partial charge >= 0.3 is 0 Å². The third-order valence-electron chi connectivity index (χ3n) is 3.90. The molecule has 1 aromatic carbocycles. The Kier molecular flexibility index (Phi) is 6.36. The van der Waals surface area contributed by atoms with Gasteiger partial charge in [0.2, 0.25) is 5.91 Å². The summed E-state index contributed by atoms with van der Waals surface area (Å²) in [6.45, 7) is 0.754. The van der Waals surface area contributed by atoms with E-state index in [0.717, 1.165) is 12.0 Å². The maximum absolute atomic E-state index is 13.0. The highest BCUT2D eigenvalue weighted by atomic mass is 127. The van der Waals surface area contributed by atoms with Crippen LogP contribution in [0.4, 0.5) is 4.39 Å². The largest absolute Gasteiger partial charge is 0.351 e. The van der Waals surface area contributed by atoms with Crippen molar-refractivity contribution in [2.45, 2.75) is 25.8 Å². The maximum Gasteiger partial charge on any atom is 0.267 e. The molecule has 0 saturated carbocycles. The second-order valence-electron chi connectivity index (χ2n) is 5.84. The molecule has 0 radical (unpaired) electrons. The molecule has 0 atom stereocenters. The topological polar surface area (TPSA) is 61.8 Å². The van der Waals surface area contributed by atoms with Crippen molar-refractivity contribution in [3.63, 3.8) is 0 Å². The Hall–Kier alpha value is -1.81. The van der Waals surface area contributed by atoms with Crippen LogP contribution >= 0.6 is 33.9 Å². The first-order chi connectivity index (χ1) is 12.5. The number of hydrogen-bond donors (Lipinski definition) is 1. The van der Waals surface area contributed by atoms with Gasteiger partial charge in [-0.1, -0.05) is 12.1 Å². The fourth-order valence-corrected chi connectivity index (χ4v) is 4.29. The summed E-state index contributed by atoms with van der Waals surface area (Å²) >= 11 is 3.97. The van der Waals surface area contributed by atoms with Gasteiger partial charge in [0.05, 0.1) is 9.43 Å². The number of thiophene rings is 1. The molecule has 2 amide bonds. The highest BCUT2D eigenvalue weighted by Crippen LogP contribution is 2.18. The molecule has 3 rings (SSSR count). The smallest absolute Gasteiger partial charge is 0.267 e. The summed E-state index contributed by atoms with van der Waals surface area (Å²) in [4.78, 5) is 25.6. The number of carbonyl (C=O) groups excluding carboxylic acids is 2.